The molecule has 1 amide bonds. The van der Waals surface area contributed by atoms with E-state index >= 15 is 4.39 Å². The summed E-state index contributed by atoms with van der Waals surface area (Å²) in [5, 5.41) is 10.4. The Morgan fingerprint density at radius 1 is 0.947 bits per heavy atom. The van der Waals surface area contributed by atoms with E-state index in [2.05, 4.69) is 30.5 Å². The Bertz CT molecular complexity index is 1860. The number of pyridine rings is 2. The van der Waals surface area contributed by atoms with Crippen LogP contribution in [0.25, 0.3) is 55.8 Å². The number of imidazole rings is 1. The molecule has 4 aromatic heterocycles. The minimum absolute atomic E-state index is 0.0443. The molecule has 1 fully saturated rings. The fourth-order valence-electron chi connectivity index (χ4n) is 4.58. The molecule has 0 unspecified atom stereocenters. The Morgan fingerprint density at radius 3 is 2.61 bits per heavy atom. The first-order valence-electron chi connectivity index (χ1n) is 12.1. The van der Waals surface area contributed by atoms with Crippen LogP contribution in [-0.4, -0.2) is 36.0 Å². The second-order valence-electron chi connectivity index (χ2n) is 9.30. The summed E-state index contributed by atoms with van der Waals surface area (Å²) in [6.07, 6.45) is 6.50. The van der Waals surface area contributed by atoms with E-state index < -0.39 is 5.82 Å². The molecule has 1 aliphatic carbocycles. The Labute approximate surface area is 214 Å². The summed E-state index contributed by atoms with van der Waals surface area (Å²) < 4.78 is 29.5. The van der Waals surface area contributed by atoms with Gasteiger partial charge in [0, 0.05) is 35.0 Å². The van der Waals surface area contributed by atoms with Crippen LogP contribution in [-0.2, 0) is 4.79 Å². The number of aromatic nitrogens is 6. The predicted octanol–water partition coefficient (Wildman–Crippen LogP) is 5.86. The van der Waals surface area contributed by atoms with Crippen molar-refractivity contribution in [2.75, 3.05) is 5.32 Å². The third-order valence-electron chi connectivity index (χ3n) is 6.67. The molecule has 0 saturated heterocycles. The minimum atomic E-state index is -0.490. The molecule has 4 heterocycles. The van der Waals surface area contributed by atoms with Crippen molar-refractivity contribution in [3.8, 4) is 33.9 Å². The average molecular weight is 508 g/mol. The van der Waals surface area contributed by atoms with Gasteiger partial charge in [0.2, 0.25) is 5.91 Å². The number of carbonyl (C=O) groups excluding carboxylic acids is 1. The zero-order valence-electron chi connectivity index (χ0n) is 19.8. The van der Waals surface area contributed by atoms with Crippen LogP contribution in [0.1, 0.15) is 12.8 Å². The van der Waals surface area contributed by atoms with Crippen LogP contribution in [0.4, 0.5) is 14.5 Å². The van der Waals surface area contributed by atoms with Gasteiger partial charge in [-0.15, -0.1) is 0 Å². The molecule has 2 aromatic carbocycles. The molecule has 6 aromatic rings. The van der Waals surface area contributed by atoms with Crippen molar-refractivity contribution in [1.82, 2.24) is 30.1 Å². The lowest BCUT2D eigenvalue weighted by Gasteiger charge is -2.08. The molecule has 8 nitrogen and oxygen atoms in total. The highest BCUT2D eigenvalue weighted by Crippen LogP contribution is 2.36. The Morgan fingerprint density at radius 2 is 1.79 bits per heavy atom. The number of carbonyl (C=O) groups is 1. The molecule has 38 heavy (non-hydrogen) atoms. The third kappa shape index (κ3) is 3.78. The van der Waals surface area contributed by atoms with Crippen molar-refractivity contribution in [2.45, 2.75) is 12.8 Å². The number of fused-ring (bicyclic) bond motifs is 2. The molecule has 3 N–H and O–H groups in total. The summed E-state index contributed by atoms with van der Waals surface area (Å²) in [5.41, 5.74) is 4.70. The summed E-state index contributed by atoms with van der Waals surface area (Å²) in [7, 11) is 0. The molecule has 0 bridgehead atoms. The number of halogens is 2. The van der Waals surface area contributed by atoms with Gasteiger partial charge < -0.3 is 10.3 Å². The lowest BCUT2D eigenvalue weighted by Crippen LogP contribution is -2.13. The molecule has 186 valence electrons. The number of nitrogens with zero attached hydrogens (tertiary/aromatic N) is 4. The van der Waals surface area contributed by atoms with Crippen LogP contribution in [0.5, 0.6) is 0 Å². The molecule has 1 aliphatic rings. The molecular weight excluding hydrogens is 488 g/mol. The van der Waals surface area contributed by atoms with E-state index in [0.717, 1.165) is 12.8 Å². The van der Waals surface area contributed by atoms with E-state index in [0.29, 0.717) is 56.1 Å². The lowest BCUT2D eigenvalue weighted by molar-refractivity contribution is -0.117. The zero-order chi connectivity index (χ0) is 25.8. The van der Waals surface area contributed by atoms with Gasteiger partial charge in [-0.2, -0.15) is 5.10 Å². The van der Waals surface area contributed by atoms with Crippen LogP contribution in [0.3, 0.4) is 0 Å². The van der Waals surface area contributed by atoms with E-state index in [1.807, 2.05) is 0 Å². The van der Waals surface area contributed by atoms with Crippen LogP contribution in [0.2, 0.25) is 0 Å². The molecule has 0 spiro atoms. The fourth-order valence-corrected chi connectivity index (χ4v) is 4.58. The van der Waals surface area contributed by atoms with Gasteiger partial charge in [-0.25, -0.2) is 13.8 Å². The SMILES string of the molecule is O=C(Nc1cncc(-c2ccc3[nH]nc(-c4nc5c(-c6ccc(F)cc6)nccc5[nH]4)c3c2F)c1)C1CC1. The van der Waals surface area contributed by atoms with Crippen molar-refractivity contribution in [3.63, 3.8) is 0 Å². The summed E-state index contributed by atoms with van der Waals surface area (Å²) in [4.78, 5) is 28.7. The van der Waals surface area contributed by atoms with Gasteiger partial charge in [-0.3, -0.25) is 19.9 Å². The highest BCUT2D eigenvalue weighted by Gasteiger charge is 2.29. The van der Waals surface area contributed by atoms with Crippen molar-refractivity contribution < 1.29 is 13.6 Å². The first-order chi connectivity index (χ1) is 18.5. The summed E-state index contributed by atoms with van der Waals surface area (Å²) in [6, 6.07) is 12.9. The van der Waals surface area contributed by atoms with E-state index in [-0.39, 0.29) is 23.0 Å². The van der Waals surface area contributed by atoms with E-state index in [1.54, 1.807) is 55.0 Å². The quantitative estimate of drug-likeness (QED) is 0.271. The number of aromatic amines is 2. The maximum absolute atomic E-state index is 16.0. The number of hydrogen-bond acceptors (Lipinski definition) is 5. The maximum atomic E-state index is 16.0. The highest BCUT2D eigenvalue weighted by atomic mass is 19.1. The number of nitrogens with one attached hydrogen (secondary N) is 3. The Hall–Kier alpha value is -4.99. The fraction of sp³-hybridized carbons (Fsp3) is 0.107. The van der Waals surface area contributed by atoms with Crippen molar-refractivity contribution in [3.05, 3.63) is 78.8 Å². The van der Waals surface area contributed by atoms with Crippen LogP contribution in [0.15, 0.2) is 67.1 Å². The minimum Gasteiger partial charge on any atom is -0.336 e. The Kier molecular flexibility index (Phi) is 5.00. The zero-order valence-corrected chi connectivity index (χ0v) is 19.8. The van der Waals surface area contributed by atoms with E-state index in [4.69, 9.17) is 4.98 Å². The van der Waals surface area contributed by atoms with Crippen molar-refractivity contribution in [2.24, 2.45) is 5.92 Å². The van der Waals surface area contributed by atoms with Gasteiger partial charge in [0.1, 0.15) is 22.8 Å². The largest absolute Gasteiger partial charge is 0.336 e. The van der Waals surface area contributed by atoms with E-state index in [9.17, 15) is 9.18 Å². The second-order valence-corrected chi connectivity index (χ2v) is 9.30. The molecule has 0 aliphatic heterocycles. The number of H-pyrrole nitrogens is 2. The van der Waals surface area contributed by atoms with Crippen LogP contribution >= 0.6 is 0 Å². The van der Waals surface area contributed by atoms with Gasteiger partial charge >= 0.3 is 0 Å². The van der Waals surface area contributed by atoms with Gasteiger partial charge in [-0.05, 0) is 61.4 Å². The molecule has 0 radical (unpaired) electrons. The molecular formula is C28H19F2N7O. The first-order valence-corrected chi connectivity index (χ1v) is 12.1. The van der Waals surface area contributed by atoms with Gasteiger partial charge in [0.25, 0.3) is 0 Å². The summed E-state index contributed by atoms with van der Waals surface area (Å²) in [5.74, 6) is -0.471. The molecule has 1 saturated carbocycles. The number of hydrogen-bond donors (Lipinski definition) is 3. The highest BCUT2D eigenvalue weighted by molar-refractivity contribution is 5.98. The monoisotopic (exact) mass is 507 g/mol. The summed E-state index contributed by atoms with van der Waals surface area (Å²) in [6.45, 7) is 0. The topological polar surface area (TPSA) is 112 Å². The second kappa shape index (κ2) is 8.55. The third-order valence-corrected chi connectivity index (χ3v) is 6.67. The number of benzene rings is 2. The average Bonchev–Trinajstić information content (AvgIpc) is 3.54. The number of amides is 1. The number of anilines is 1. The molecule has 7 rings (SSSR count). The van der Waals surface area contributed by atoms with Gasteiger partial charge in [0.05, 0.1) is 34.0 Å². The van der Waals surface area contributed by atoms with E-state index in [1.165, 1.54) is 12.1 Å². The lowest BCUT2D eigenvalue weighted by atomic mass is 10.0. The predicted molar refractivity (Wildman–Crippen MR) is 139 cm³/mol. The first kappa shape index (κ1) is 22.2. The number of rotatable bonds is 5. The molecule has 10 heteroatoms. The molecule has 0 atom stereocenters. The Balaban J connectivity index is 1.31. The standard InChI is InChI=1S/C28H19F2N7O/c29-17-5-3-14(4-6-17)24-25-21(9-10-32-24)34-27(35-25)26-22-20(36-37-26)8-7-19(23(22)30)16-11-18(13-31-12-16)33-28(38)15-1-2-15/h3-13,15H,1-2H2,(H,33,38)(H,34,35)(H,36,37). The van der Waals surface area contributed by atoms with Crippen LogP contribution < -0.4 is 5.32 Å². The summed E-state index contributed by atoms with van der Waals surface area (Å²) >= 11 is 0. The van der Waals surface area contributed by atoms with Crippen molar-refractivity contribution >= 4 is 33.5 Å². The van der Waals surface area contributed by atoms with Crippen molar-refractivity contribution in [1.29, 1.82) is 0 Å². The smallest absolute Gasteiger partial charge is 0.227 e. The maximum Gasteiger partial charge on any atom is 0.227 e. The normalized spacial score (nSPS) is 13.3. The van der Waals surface area contributed by atoms with Gasteiger partial charge in [0.15, 0.2) is 5.82 Å². The van der Waals surface area contributed by atoms with Crippen LogP contribution in [0, 0.1) is 17.6 Å². The van der Waals surface area contributed by atoms with Gasteiger partial charge in [-0.1, -0.05) is 0 Å².